The first-order chi connectivity index (χ1) is 5.43. The summed E-state index contributed by atoms with van der Waals surface area (Å²) in [6.45, 7) is 0. The molecule has 0 bridgehead atoms. The van der Waals surface area contributed by atoms with Gasteiger partial charge in [-0.2, -0.15) is 5.10 Å². The molecule has 1 aromatic heterocycles. The van der Waals surface area contributed by atoms with E-state index in [4.69, 9.17) is 5.84 Å². The lowest BCUT2D eigenvalue weighted by atomic mass is 10.2. The van der Waals surface area contributed by atoms with Gasteiger partial charge in [-0.1, -0.05) is 6.07 Å². The van der Waals surface area contributed by atoms with Crippen molar-refractivity contribution in [3.63, 3.8) is 0 Å². The van der Waals surface area contributed by atoms with Crippen molar-refractivity contribution < 1.29 is 0 Å². The van der Waals surface area contributed by atoms with Gasteiger partial charge in [-0.25, -0.2) is 0 Å². The van der Waals surface area contributed by atoms with Crippen LogP contribution in [0.15, 0.2) is 29.6 Å². The van der Waals surface area contributed by atoms with Crippen LogP contribution in [0.5, 0.6) is 0 Å². The molecule has 0 atom stereocenters. The maximum Gasteiger partial charge on any atom is 0.0299 e. The molecule has 0 aliphatic heterocycles. The van der Waals surface area contributed by atoms with E-state index >= 15 is 0 Å². The molecule has 0 unspecified atom stereocenters. The fraction of sp³-hybridized carbons (Fsp3) is 0.250. The van der Waals surface area contributed by atoms with Gasteiger partial charge in [0.1, 0.15) is 0 Å². The topological polar surface area (TPSA) is 51.3 Å². The molecule has 2 N–H and O–H groups in total. The fourth-order valence-corrected chi connectivity index (χ4v) is 0.852. The van der Waals surface area contributed by atoms with Gasteiger partial charge in [0, 0.05) is 18.6 Å². The maximum atomic E-state index is 4.95. The lowest BCUT2D eigenvalue weighted by Crippen LogP contribution is -1.88. The second kappa shape index (κ2) is 4.44. The molecular weight excluding hydrogens is 138 g/mol. The van der Waals surface area contributed by atoms with Crippen molar-refractivity contribution in [2.75, 3.05) is 0 Å². The highest BCUT2D eigenvalue weighted by atomic mass is 15.1. The second-order valence-corrected chi connectivity index (χ2v) is 2.23. The maximum absolute atomic E-state index is 4.95. The first kappa shape index (κ1) is 7.72. The molecule has 3 nitrogen and oxygen atoms in total. The largest absolute Gasteiger partial charge is 0.324 e. The van der Waals surface area contributed by atoms with Crippen LogP contribution in [0, 0.1) is 0 Å². The Bertz CT molecular complexity index is 218. The van der Waals surface area contributed by atoms with Gasteiger partial charge in [0.25, 0.3) is 0 Å². The molecule has 0 radical (unpaired) electrons. The first-order valence-electron chi connectivity index (χ1n) is 3.54. The average molecular weight is 149 g/mol. The van der Waals surface area contributed by atoms with E-state index in [0.29, 0.717) is 0 Å². The zero-order valence-electron chi connectivity index (χ0n) is 6.27. The van der Waals surface area contributed by atoms with Gasteiger partial charge in [-0.15, -0.1) is 0 Å². The molecule has 0 saturated heterocycles. The van der Waals surface area contributed by atoms with Crippen LogP contribution in [0.1, 0.15) is 12.0 Å². The summed E-state index contributed by atoms with van der Waals surface area (Å²) in [6.07, 6.45) is 7.15. The van der Waals surface area contributed by atoms with Crippen molar-refractivity contribution in [1.29, 1.82) is 0 Å². The van der Waals surface area contributed by atoms with Gasteiger partial charge in [0.05, 0.1) is 0 Å². The highest BCUT2D eigenvalue weighted by Crippen LogP contribution is 1.97. The molecular formula is C8H11N3. The number of nitrogens with two attached hydrogens (primary N) is 1. The Hall–Kier alpha value is -1.38. The normalized spacial score (nSPS) is 10.5. The Kier molecular flexibility index (Phi) is 3.12. The van der Waals surface area contributed by atoms with Crippen molar-refractivity contribution in [3.8, 4) is 0 Å². The molecule has 1 aromatic rings. The third-order valence-electron chi connectivity index (χ3n) is 1.39. The number of hydrogen-bond donors (Lipinski definition) is 1. The van der Waals surface area contributed by atoms with E-state index in [2.05, 4.69) is 10.1 Å². The number of rotatable bonds is 3. The SMILES string of the molecule is N/N=C\CCc1cccnc1. The average Bonchev–Trinajstić information content (AvgIpc) is 2.07. The molecule has 11 heavy (non-hydrogen) atoms. The van der Waals surface area contributed by atoms with Gasteiger partial charge < -0.3 is 5.84 Å². The predicted octanol–water partition coefficient (Wildman–Crippen LogP) is 0.959. The molecule has 0 aromatic carbocycles. The van der Waals surface area contributed by atoms with Crippen LogP contribution in [-0.2, 0) is 6.42 Å². The van der Waals surface area contributed by atoms with Crippen LogP contribution >= 0.6 is 0 Å². The van der Waals surface area contributed by atoms with Crippen molar-refractivity contribution in [2.45, 2.75) is 12.8 Å². The Morgan fingerprint density at radius 3 is 3.18 bits per heavy atom. The summed E-state index contributed by atoms with van der Waals surface area (Å²) in [4.78, 5) is 3.99. The number of hydrogen-bond acceptors (Lipinski definition) is 3. The van der Waals surface area contributed by atoms with E-state index in [1.165, 1.54) is 5.56 Å². The Balaban J connectivity index is 2.39. The summed E-state index contributed by atoms with van der Waals surface area (Å²) in [5.74, 6) is 4.95. The Morgan fingerprint density at radius 2 is 2.55 bits per heavy atom. The van der Waals surface area contributed by atoms with Gasteiger partial charge in [-0.05, 0) is 24.5 Å². The van der Waals surface area contributed by atoms with Gasteiger partial charge in [-0.3, -0.25) is 4.98 Å². The molecule has 3 heteroatoms. The molecule has 1 heterocycles. The standard InChI is InChI=1S/C8H11N3/c9-11-6-2-4-8-3-1-5-10-7-8/h1,3,5-7H,2,4,9H2/b11-6-. The van der Waals surface area contributed by atoms with Crippen LogP contribution in [-0.4, -0.2) is 11.2 Å². The Labute approximate surface area is 66.0 Å². The zero-order valence-corrected chi connectivity index (χ0v) is 6.27. The molecule has 0 saturated carbocycles. The van der Waals surface area contributed by atoms with Crippen molar-refractivity contribution in [1.82, 2.24) is 4.98 Å². The monoisotopic (exact) mass is 149 g/mol. The molecule has 0 amide bonds. The van der Waals surface area contributed by atoms with E-state index in [1.54, 1.807) is 12.4 Å². The van der Waals surface area contributed by atoms with Gasteiger partial charge in [0.2, 0.25) is 0 Å². The smallest absolute Gasteiger partial charge is 0.0299 e. The molecule has 58 valence electrons. The molecule has 1 rings (SSSR count). The minimum absolute atomic E-state index is 0.877. The number of aryl methyl sites for hydroxylation is 1. The van der Waals surface area contributed by atoms with E-state index in [9.17, 15) is 0 Å². The lowest BCUT2D eigenvalue weighted by Gasteiger charge is -1.93. The van der Waals surface area contributed by atoms with E-state index in [-0.39, 0.29) is 0 Å². The molecule has 0 fully saturated rings. The zero-order chi connectivity index (χ0) is 7.94. The van der Waals surface area contributed by atoms with E-state index in [1.807, 2.05) is 18.3 Å². The van der Waals surface area contributed by atoms with Crippen molar-refractivity contribution in [2.24, 2.45) is 10.9 Å². The summed E-state index contributed by atoms with van der Waals surface area (Å²) in [5, 5.41) is 3.41. The molecule has 0 aliphatic rings. The van der Waals surface area contributed by atoms with Crippen LogP contribution in [0.4, 0.5) is 0 Å². The van der Waals surface area contributed by atoms with E-state index in [0.717, 1.165) is 12.8 Å². The summed E-state index contributed by atoms with van der Waals surface area (Å²) in [5.41, 5.74) is 1.22. The minimum Gasteiger partial charge on any atom is -0.324 e. The summed E-state index contributed by atoms with van der Waals surface area (Å²) in [6, 6.07) is 3.96. The summed E-state index contributed by atoms with van der Waals surface area (Å²) in [7, 11) is 0. The second-order valence-electron chi connectivity index (χ2n) is 2.23. The Morgan fingerprint density at radius 1 is 1.64 bits per heavy atom. The summed E-state index contributed by atoms with van der Waals surface area (Å²) >= 11 is 0. The number of aromatic nitrogens is 1. The number of nitrogens with zero attached hydrogens (tertiary/aromatic N) is 2. The number of pyridine rings is 1. The van der Waals surface area contributed by atoms with Crippen LogP contribution < -0.4 is 5.84 Å². The van der Waals surface area contributed by atoms with Crippen LogP contribution in [0.2, 0.25) is 0 Å². The number of hydrazone groups is 1. The quantitative estimate of drug-likeness (QED) is 0.395. The van der Waals surface area contributed by atoms with Crippen LogP contribution in [0.25, 0.3) is 0 Å². The molecule has 0 spiro atoms. The van der Waals surface area contributed by atoms with E-state index < -0.39 is 0 Å². The highest BCUT2D eigenvalue weighted by Gasteiger charge is 1.88. The minimum atomic E-state index is 0.877. The third kappa shape index (κ3) is 2.80. The van der Waals surface area contributed by atoms with Gasteiger partial charge in [0.15, 0.2) is 0 Å². The first-order valence-corrected chi connectivity index (χ1v) is 3.54. The van der Waals surface area contributed by atoms with Gasteiger partial charge >= 0.3 is 0 Å². The van der Waals surface area contributed by atoms with Crippen molar-refractivity contribution >= 4 is 6.21 Å². The van der Waals surface area contributed by atoms with Crippen LogP contribution in [0.3, 0.4) is 0 Å². The predicted molar refractivity (Wildman–Crippen MR) is 45.2 cm³/mol. The fourth-order valence-electron chi connectivity index (χ4n) is 0.852. The highest BCUT2D eigenvalue weighted by molar-refractivity contribution is 5.56. The summed E-state index contributed by atoms with van der Waals surface area (Å²) < 4.78 is 0. The molecule has 0 aliphatic carbocycles. The van der Waals surface area contributed by atoms with Crippen molar-refractivity contribution in [3.05, 3.63) is 30.1 Å². The third-order valence-corrected chi connectivity index (χ3v) is 1.39. The lowest BCUT2D eigenvalue weighted by molar-refractivity contribution is 1.03.